The minimum Gasteiger partial charge on any atom is -0.399 e. The summed E-state index contributed by atoms with van der Waals surface area (Å²) in [4.78, 5) is 11.8. The number of nitrogens with two attached hydrogens (primary N) is 1. The molecule has 2 rings (SSSR count). The van der Waals surface area contributed by atoms with Gasteiger partial charge in [0.15, 0.2) is 0 Å². The Morgan fingerprint density at radius 2 is 2.13 bits per heavy atom. The lowest BCUT2D eigenvalue weighted by molar-refractivity contribution is 0.0935. The molecular formula is C11H13BrN2O. The summed E-state index contributed by atoms with van der Waals surface area (Å²) in [7, 11) is 0. The first-order valence-corrected chi connectivity index (χ1v) is 5.66. The van der Waals surface area contributed by atoms with Crippen LogP contribution < -0.4 is 11.1 Å². The maximum atomic E-state index is 11.8. The second kappa shape index (κ2) is 3.52. The summed E-state index contributed by atoms with van der Waals surface area (Å²) < 4.78 is 0.827. The predicted molar refractivity (Wildman–Crippen MR) is 63.7 cm³/mol. The zero-order valence-electron chi connectivity index (χ0n) is 8.51. The van der Waals surface area contributed by atoms with Crippen molar-refractivity contribution >= 4 is 27.5 Å². The van der Waals surface area contributed by atoms with Crippen molar-refractivity contribution in [1.82, 2.24) is 5.32 Å². The molecule has 0 unspecified atom stereocenters. The first-order valence-electron chi connectivity index (χ1n) is 4.87. The number of hydrogen-bond donors (Lipinski definition) is 2. The van der Waals surface area contributed by atoms with Crippen LogP contribution in [0, 0.1) is 0 Å². The zero-order valence-corrected chi connectivity index (χ0v) is 10.1. The van der Waals surface area contributed by atoms with Gasteiger partial charge >= 0.3 is 0 Å². The lowest BCUT2D eigenvalue weighted by Gasteiger charge is -2.11. The van der Waals surface area contributed by atoms with Gasteiger partial charge in [-0.15, -0.1) is 0 Å². The van der Waals surface area contributed by atoms with Crippen molar-refractivity contribution in [2.24, 2.45) is 0 Å². The molecule has 0 spiro atoms. The van der Waals surface area contributed by atoms with Gasteiger partial charge in [0.25, 0.3) is 5.91 Å². The van der Waals surface area contributed by atoms with Gasteiger partial charge in [-0.25, -0.2) is 0 Å². The Bertz CT molecular complexity index is 393. The van der Waals surface area contributed by atoms with Crippen LogP contribution in [0.15, 0.2) is 22.7 Å². The highest BCUT2D eigenvalue weighted by molar-refractivity contribution is 9.10. The number of nitrogen functional groups attached to an aromatic ring is 1. The molecule has 4 heteroatoms. The van der Waals surface area contributed by atoms with Crippen LogP contribution in [-0.2, 0) is 0 Å². The molecule has 0 heterocycles. The standard InChI is InChI=1S/C11H13BrN2O/c1-11(2-3-11)14-10(15)7-4-8(12)6-9(13)5-7/h4-6H,2-3,13H2,1H3,(H,14,15). The molecule has 1 saturated carbocycles. The third-order valence-corrected chi connectivity index (χ3v) is 3.06. The van der Waals surface area contributed by atoms with Crippen LogP contribution in [0.3, 0.4) is 0 Å². The van der Waals surface area contributed by atoms with E-state index in [4.69, 9.17) is 5.73 Å². The Balaban J connectivity index is 2.17. The Kier molecular flexibility index (Phi) is 2.46. The van der Waals surface area contributed by atoms with Gasteiger partial charge in [-0.3, -0.25) is 4.79 Å². The van der Waals surface area contributed by atoms with Crippen molar-refractivity contribution in [1.29, 1.82) is 0 Å². The van der Waals surface area contributed by atoms with Gasteiger partial charge in [0.05, 0.1) is 0 Å². The number of carbonyl (C=O) groups excluding carboxylic acids is 1. The van der Waals surface area contributed by atoms with E-state index in [2.05, 4.69) is 21.2 Å². The maximum Gasteiger partial charge on any atom is 0.251 e. The number of halogens is 1. The number of nitrogens with one attached hydrogen (secondary N) is 1. The first kappa shape index (κ1) is 10.5. The third kappa shape index (κ3) is 2.50. The summed E-state index contributed by atoms with van der Waals surface area (Å²) in [6.07, 6.45) is 2.12. The van der Waals surface area contributed by atoms with Crippen molar-refractivity contribution in [2.75, 3.05) is 5.73 Å². The molecule has 1 amide bonds. The highest BCUT2D eigenvalue weighted by atomic mass is 79.9. The van der Waals surface area contributed by atoms with Crippen LogP contribution in [0.1, 0.15) is 30.1 Å². The van der Waals surface area contributed by atoms with E-state index in [0.29, 0.717) is 11.3 Å². The number of benzene rings is 1. The average molecular weight is 269 g/mol. The fraction of sp³-hybridized carbons (Fsp3) is 0.364. The van der Waals surface area contributed by atoms with E-state index in [1.54, 1.807) is 18.2 Å². The van der Waals surface area contributed by atoms with E-state index in [9.17, 15) is 4.79 Å². The average Bonchev–Trinajstić information content (AvgIpc) is 2.81. The topological polar surface area (TPSA) is 55.1 Å². The minimum absolute atomic E-state index is 0.00810. The monoisotopic (exact) mass is 268 g/mol. The Hall–Kier alpha value is -1.03. The predicted octanol–water partition coefficient (Wildman–Crippen LogP) is 2.31. The smallest absolute Gasteiger partial charge is 0.251 e. The molecule has 0 bridgehead atoms. The molecule has 1 aliphatic carbocycles. The maximum absolute atomic E-state index is 11.8. The van der Waals surface area contributed by atoms with Crippen LogP contribution in [0.5, 0.6) is 0 Å². The normalized spacial score (nSPS) is 17.2. The molecule has 0 atom stereocenters. The van der Waals surface area contributed by atoms with Crippen molar-refractivity contribution in [3.8, 4) is 0 Å². The summed E-state index contributed by atoms with van der Waals surface area (Å²) in [5.41, 5.74) is 6.87. The molecule has 0 radical (unpaired) electrons. The zero-order chi connectivity index (χ0) is 11.1. The Morgan fingerprint density at radius 3 is 2.67 bits per heavy atom. The molecule has 3 N–H and O–H groups in total. The Labute approximate surface area is 97.2 Å². The molecule has 1 aromatic rings. The largest absolute Gasteiger partial charge is 0.399 e. The lowest BCUT2D eigenvalue weighted by atomic mass is 10.1. The minimum atomic E-state index is -0.0528. The van der Waals surface area contributed by atoms with Crippen molar-refractivity contribution in [2.45, 2.75) is 25.3 Å². The quantitative estimate of drug-likeness (QED) is 0.809. The second-order valence-electron chi connectivity index (χ2n) is 4.29. The molecule has 0 saturated heterocycles. The third-order valence-electron chi connectivity index (χ3n) is 2.60. The van der Waals surface area contributed by atoms with Crippen molar-refractivity contribution < 1.29 is 4.79 Å². The molecule has 1 aromatic carbocycles. The van der Waals surface area contributed by atoms with E-state index in [0.717, 1.165) is 17.3 Å². The van der Waals surface area contributed by atoms with Crippen LogP contribution in [0.4, 0.5) is 5.69 Å². The van der Waals surface area contributed by atoms with Gasteiger partial charge in [-0.1, -0.05) is 15.9 Å². The van der Waals surface area contributed by atoms with Crippen molar-refractivity contribution in [3.63, 3.8) is 0 Å². The SMILES string of the molecule is CC1(NC(=O)c2cc(N)cc(Br)c2)CC1. The number of hydrogen-bond acceptors (Lipinski definition) is 2. The number of carbonyl (C=O) groups is 1. The van der Waals surface area contributed by atoms with E-state index in [-0.39, 0.29) is 11.4 Å². The van der Waals surface area contributed by atoms with Gasteiger partial charge in [0, 0.05) is 21.3 Å². The van der Waals surface area contributed by atoms with E-state index < -0.39 is 0 Å². The summed E-state index contributed by atoms with van der Waals surface area (Å²) in [5.74, 6) is -0.0528. The van der Waals surface area contributed by atoms with Gasteiger partial charge in [0.1, 0.15) is 0 Å². The molecule has 80 valence electrons. The number of anilines is 1. The van der Waals surface area contributed by atoms with Crippen LogP contribution in [0.2, 0.25) is 0 Å². The lowest BCUT2D eigenvalue weighted by Crippen LogP contribution is -2.34. The van der Waals surface area contributed by atoms with Gasteiger partial charge in [-0.05, 0) is 38.0 Å². The molecule has 3 nitrogen and oxygen atoms in total. The summed E-state index contributed by atoms with van der Waals surface area (Å²) >= 11 is 3.32. The van der Waals surface area contributed by atoms with Gasteiger partial charge in [0.2, 0.25) is 0 Å². The Morgan fingerprint density at radius 1 is 1.47 bits per heavy atom. The highest BCUT2D eigenvalue weighted by Gasteiger charge is 2.38. The van der Waals surface area contributed by atoms with Crippen LogP contribution >= 0.6 is 15.9 Å². The van der Waals surface area contributed by atoms with E-state index in [1.165, 1.54) is 0 Å². The summed E-state index contributed by atoms with van der Waals surface area (Å²) in [6.45, 7) is 2.05. The number of amides is 1. The molecule has 0 aliphatic heterocycles. The first-order chi connectivity index (χ1) is 6.98. The van der Waals surface area contributed by atoms with Gasteiger partial charge in [-0.2, -0.15) is 0 Å². The number of rotatable bonds is 2. The van der Waals surface area contributed by atoms with E-state index >= 15 is 0 Å². The summed E-state index contributed by atoms with van der Waals surface area (Å²) in [6, 6.07) is 5.24. The highest BCUT2D eigenvalue weighted by Crippen LogP contribution is 2.34. The van der Waals surface area contributed by atoms with Crippen molar-refractivity contribution in [3.05, 3.63) is 28.2 Å². The van der Waals surface area contributed by atoms with Crippen LogP contribution in [0.25, 0.3) is 0 Å². The summed E-state index contributed by atoms with van der Waals surface area (Å²) in [5, 5.41) is 2.99. The molecular weight excluding hydrogens is 256 g/mol. The molecule has 15 heavy (non-hydrogen) atoms. The van der Waals surface area contributed by atoms with Crippen LogP contribution in [-0.4, -0.2) is 11.4 Å². The fourth-order valence-electron chi connectivity index (χ4n) is 1.40. The van der Waals surface area contributed by atoms with E-state index in [1.807, 2.05) is 6.92 Å². The second-order valence-corrected chi connectivity index (χ2v) is 5.20. The fourth-order valence-corrected chi connectivity index (χ4v) is 1.91. The molecule has 1 fully saturated rings. The molecule has 0 aromatic heterocycles. The van der Waals surface area contributed by atoms with Gasteiger partial charge < -0.3 is 11.1 Å². The molecule has 1 aliphatic rings.